The number of benzene rings is 1. The quantitative estimate of drug-likeness (QED) is 0.801. The Morgan fingerprint density at radius 2 is 2.07 bits per heavy atom. The van der Waals surface area contributed by atoms with E-state index >= 15 is 0 Å². The van der Waals surface area contributed by atoms with Gasteiger partial charge in [-0.1, -0.05) is 20.4 Å². The minimum atomic E-state index is -0.264. The smallest absolute Gasteiger partial charge is 0.127 e. The van der Waals surface area contributed by atoms with E-state index in [1.54, 1.807) is 6.92 Å². The van der Waals surface area contributed by atoms with E-state index in [2.05, 4.69) is 6.58 Å². The zero-order chi connectivity index (χ0) is 11.6. The molecule has 0 saturated carbocycles. The molecule has 0 spiro atoms. The summed E-state index contributed by atoms with van der Waals surface area (Å²) in [4.78, 5) is 0. The van der Waals surface area contributed by atoms with Crippen LogP contribution in [0.15, 0.2) is 18.7 Å². The highest BCUT2D eigenvalue weighted by molar-refractivity contribution is 5.67. The molecule has 0 aromatic heterocycles. The van der Waals surface area contributed by atoms with Gasteiger partial charge in [0.15, 0.2) is 0 Å². The number of phenols is 1. The van der Waals surface area contributed by atoms with E-state index in [9.17, 15) is 9.50 Å². The lowest BCUT2D eigenvalue weighted by Gasteiger charge is -2.10. The van der Waals surface area contributed by atoms with Crippen molar-refractivity contribution in [1.29, 1.82) is 0 Å². The summed E-state index contributed by atoms with van der Waals surface area (Å²) in [5.41, 5.74) is 1.72. The summed E-state index contributed by atoms with van der Waals surface area (Å²) < 4.78 is 13.6. The summed E-state index contributed by atoms with van der Waals surface area (Å²) >= 11 is 0. The third-order valence-corrected chi connectivity index (χ3v) is 2.25. The summed E-state index contributed by atoms with van der Waals surface area (Å²) in [6, 6.07) is 2.86. The van der Waals surface area contributed by atoms with Crippen molar-refractivity contribution in [3.05, 3.63) is 35.7 Å². The average Bonchev–Trinajstić information content (AvgIpc) is 2.09. The fraction of sp³-hybridized carbons (Fsp3) is 0.385. The lowest BCUT2D eigenvalue weighted by atomic mass is 9.98. The third-order valence-electron chi connectivity index (χ3n) is 2.25. The monoisotopic (exact) mass is 208 g/mol. The van der Waals surface area contributed by atoms with Crippen LogP contribution in [0.1, 0.15) is 31.9 Å². The molecule has 0 unspecified atom stereocenters. The molecule has 0 amide bonds. The largest absolute Gasteiger partial charge is 0.507 e. The predicted octanol–water partition coefficient (Wildman–Crippen LogP) is 3.76. The number of allylic oxidation sites excluding steroid dienone is 1. The van der Waals surface area contributed by atoms with Gasteiger partial charge >= 0.3 is 0 Å². The first-order valence-corrected chi connectivity index (χ1v) is 5.09. The van der Waals surface area contributed by atoms with Crippen LogP contribution in [0.2, 0.25) is 0 Å². The number of aromatic hydroxyl groups is 1. The molecule has 0 aliphatic rings. The molecule has 0 bridgehead atoms. The van der Waals surface area contributed by atoms with Gasteiger partial charge in [-0.2, -0.15) is 0 Å². The highest BCUT2D eigenvalue weighted by Gasteiger charge is 2.10. The Bertz CT molecular complexity index is 380. The number of phenolic OH excluding ortho intramolecular Hbond substituents is 1. The standard InChI is InChI=1S/C13H17FO/c1-8(2)5-10-6-13(15)11(9(3)4)7-12(10)14/h6-8,15H,3,5H2,1-2,4H3. The molecule has 1 rings (SSSR count). The van der Waals surface area contributed by atoms with Crippen LogP contribution in [0.5, 0.6) is 5.75 Å². The molecular formula is C13H17FO. The lowest BCUT2D eigenvalue weighted by molar-refractivity contribution is 0.468. The number of halogens is 1. The molecule has 0 aliphatic heterocycles. The van der Waals surface area contributed by atoms with Gasteiger partial charge in [-0.25, -0.2) is 4.39 Å². The van der Waals surface area contributed by atoms with Gasteiger partial charge in [-0.15, -0.1) is 0 Å². The molecule has 0 saturated heterocycles. The molecule has 1 nitrogen and oxygen atoms in total. The maximum absolute atomic E-state index is 13.6. The second kappa shape index (κ2) is 4.47. The van der Waals surface area contributed by atoms with Crippen molar-refractivity contribution in [3.8, 4) is 5.75 Å². The Labute approximate surface area is 90.3 Å². The minimum Gasteiger partial charge on any atom is -0.507 e. The fourth-order valence-electron chi connectivity index (χ4n) is 1.54. The Kier molecular flexibility index (Phi) is 3.51. The third kappa shape index (κ3) is 2.82. The van der Waals surface area contributed by atoms with Gasteiger partial charge < -0.3 is 5.11 Å². The van der Waals surface area contributed by atoms with Gasteiger partial charge in [0.25, 0.3) is 0 Å². The highest BCUT2D eigenvalue weighted by atomic mass is 19.1. The fourth-order valence-corrected chi connectivity index (χ4v) is 1.54. The van der Waals surface area contributed by atoms with Crippen molar-refractivity contribution in [2.24, 2.45) is 5.92 Å². The second-order valence-electron chi connectivity index (χ2n) is 4.34. The van der Waals surface area contributed by atoms with Crippen LogP contribution in [0.3, 0.4) is 0 Å². The van der Waals surface area contributed by atoms with E-state index in [0.717, 1.165) is 0 Å². The number of hydrogen-bond donors (Lipinski definition) is 1. The molecule has 0 heterocycles. The topological polar surface area (TPSA) is 20.2 Å². The van der Waals surface area contributed by atoms with Gasteiger partial charge in [0.2, 0.25) is 0 Å². The SMILES string of the molecule is C=C(C)c1cc(F)c(CC(C)C)cc1O. The predicted molar refractivity (Wildman–Crippen MR) is 61.3 cm³/mol. The molecule has 0 aliphatic carbocycles. The highest BCUT2D eigenvalue weighted by Crippen LogP contribution is 2.28. The normalized spacial score (nSPS) is 10.7. The van der Waals surface area contributed by atoms with E-state index < -0.39 is 0 Å². The van der Waals surface area contributed by atoms with Crippen LogP contribution in [0, 0.1) is 11.7 Å². The maximum Gasteiger partial charge on any atom is 0.127 e. The molecule has 1 aromatic carbocycles. The molecule has 15 heavy (non-hydrogen) atoms. The summed E-state index contributed by atoms with van der Waals surface area (Å²) in [6.45, 7) is 9.47. The summed E-state index contributed by atoms with van der Waals surface area (Å²) in [7, 11) is 0. The Morgan fingerprint density at radius 3 is 2.53 bits per heavy atom. The second-order valence-corrected chi connectivity index (χ2v) is 4.34. The van der Waals surface area contributed by atoms with Crippen molar-refractivity contribution in [2.45, 2.75) is 27.2 Å². The van der Waals surface area contributed by atoms with Crippen LogP contribution in [-0.2, 0) is 6.42 Å². The van der Waals surface area contributed by atoms with Crippen molar-refractivity contribution >= 4 is 5.57 Å². The van der Waals surface area contributed by atoms with Gasteiger partial charge in [0.1, 0.15) is 11.6 Å². The van der Waals surface area contributed by atoms with Gasteiger partial charge in [0.05, 0.1) is 0 Å². The summed E-state index contributed by atoms with van der Waals surface area (Å²) in [5, 5.41) is 9.67. The van der Waals surface area contributed by atoms with Crippen LogP contribution >= 0.6 is 0 Å². The van der Waals surface area contributed by atoms with E-state index in [0.29, 0.717) is 29.0 Å². The molecule has 82 valence electrons. The molecule has 1 N–H and O–H groups in total. The van der Waals surface area contributed by atoms with Gasteiger partial charge in [-0.05, 0) is 42.5 Å². The Balaban J connectivity index is 3.13. The molecular weight excluding hydrogens is 191 g/mol. The minimum absolute atomic E-state index is 0.111. The molecule has 2 heteroatoms. The van der Waals surface area contributed by atoms with Crippen molar-refractivity contribution in [1.82, 2.24) is 0 Å². The average molecular weight is 208 g/mol. The lowest BCUT2D eigenvalue weighted by Crippen LogP contribution is -1.98. The van der Waals surface area contributed by atoms with Crippen LogP contribution < -0.4 is 0 Å². The molecule has 0 radical (unpaired) electrons. The van der Waals surface area contributed by atoms with Gasteiger partial charge in [0, 0.05) is 5.56 Å². The number of rotatable bonds is 3. The van der Waals surface area contributed by atoms with Crippen molar-refractivity contribution < 1.29 is 9.50 Å². The van der Waals surface area contributed by atoms with E-state index in [1.165, 1.54) is 12.1 Å². The Morgan fingerprint density at radius 1 is 1.47 bits per heavy atom. The zero-order valence-corrected chi connectivity index (χ0v) is 9.47. The summed E-state index contributed by atoms with van der Waals surface area (Å²) in [5.74, 6) is 0.216. The Hall–Kier alpha value is -1.31. The maximum atomic E-state index is 13.6. The van der Waals surface area contributed by atoms with Crippen molar-refractivity contribution in [3.63, 3.8) is 0 Å². The van der Waals surface area contributed by atoms with Gasteiger partial charge in [-0.3, -0.25) is 0 Å². The molecule has 0 fully saturated rings. The van der Waals surface area contributed by atoms with Crippen molar-refractivity contribution in [2.75, 3.05) is 0 Å². The summed E-state index contributed by atoms with van der Waals surface area (Å²) in [6.07, 6.45) is 0.635. The first-order chi connectivity index (χ1) is 6.91. The zero-order valence-electron chi connectivity index (χ0n) is 9.47. The first kappa shape index (κ1) is 11.8. The molecule has 0 atom stereocenters. The van der Waals surface area contributed by atoms with E-state index in [-0.39, 0.29) is 11.6 Å². The van der Waals surface area contributed by atoms with Crippen LogP contribution in [0.25, 0.3) is 5.57 Å². The number of hydrogen-bond acceptors (Lipinski definition) is 1. The van der Waals surface area contributed by atoms with E-state index in [1.807, 2.05) is 13.8 Å². The first-order valence-electron chi connectivity index (χ1n) is 5.09. The van der Waals surface area contributed by atoms with Crippen LogP contribution in [0.4, 0.5) is 4.39 Å². The molecule has 1 aromatic rings. The van der Waals surface area contributed by atoms with E-state index in [4.69, 9.17) is 0 Å². The van der Waals surface area contributed by atoms with Crippen LogP contribution in [-0.4, -0.2) is 5.11 Å².